The van der Waals surface area contributed by atoms with Gasteiger partial charge in [0.2, 0.25) is 5.54 Å². The number of halogens is 3. The first-order chi connectivity index (χ1) is 9.49. The Hall–Kier alpha value is -1.51. The zero-order valence-corrected chi connectivity index (χ0v) is 12.2. The first-order valence-electron chi connectivity index (χ1n) is 6.56. The van der Waals surface area contributed by atoms with Crippen LogP contribution in [0.2, 0.25) is 0 Å². The Bertz CT molecular complexity index is 416. The van der Waals surface area contributed by atoms with Crippen LogP contribution in [0.1, 0.15) is 20.3 Å². The van der Waals surface area contributed by atoms with E-state index < -0.39 is 23.7 Å². The number of amides is 2. The molecule has 2 unspecified atom stereocenters. The molecule has 1 rings (SSSR count). The Morgan fingerprint density at radius 2 is 1.86 bits per heavy atom. The molecular weight excluding hydrogens is 291 g/mol. The zero-order chi connectivity index (χ0) is 16.4. The Kier molecular flexibility index (Phi) is 5.08. The predicted molar refractivity (Wildman–Crippen MR) is 68.9 cm³/mol. The number of carboxylic acid groups (broad SMARTS) is 1. The number of alkyl halides is 3. The van der Waals surface area contributed by atoms with Crippen LogP contribution in [0.4, 0.5) is 18.0 Å². The third-order valence-corrected chi connectivity index (χ3v) is 3.66. The Balaban J connectivity index is 2.90. The van der Waals surface area contributed by atoms with Gasteiger partial charge in [-0.05, 0) is 33.9 Å². The smallest absolute Gasteiger partial charge is 0.422 e. The molecule has 21 heavy (non-hydrogen) atoms. The van der Waals surface area contributed by atoms with Crippen molar-refractivity contribution in [2.24, 2.45) is 0 Å². The van der Waals surface area contributed by atoms with Gasteiger partial charge in [0.1, 0.15) is 0 Å². The van der Waals surface area contributed by atoms with E-state index in [1.165, 1.54) is 4.90 Å². The highest BCUT2D eigenvalue weighted by Gasteiger charge is 2.59. The van der Waals surface area contributed by atoms with Gasteiger partial charge in [0, 0.05) is 19.1 Å². The van der Waals surface area contributed by atoms with E-state index in [2.05, 4.69) is 0 Å². The molecule has 0 bridgehead atoms. The molecule has 1 fully saturated rings. The minimum Gasteiger partial charge on any atom is -0.479 e. The summed E-state index contributed by atoms with van der Waals surface area (Å²) in [5.41, 5.74) is -3.30. The van der Waals surface area contributed by atoms with Crippen molar-refractivity contribution in [2.75, 3.05) is 26.7 Å². The lowest BCUT2D eigenvalue weighted by Crippen LogP contribution is -2.64. The van der Waals surface area contributed by atoms with Crippen molar-refractivity contribution in [3.8, 4) is 0 Å². The van der Waals surface area contributed by atoms with Gasteiger partial charge in [-0.3, -0.25) is 0 Å². The minimum absolute atomic E-state index is 0.283. The van der Waals surface area contributed by atoms with Gasteiger partial charge in [0.25, 0.3) is 0 Å². The van der Waals surface area contributed by atoms with Gasteiger partial charge in [0.15, 0.2) is 0 Å². The Labute approximate surface area is 120 Å². The highest BCUT2D eigenvalue weighted by Crippen LogP contribution is 2.30. The Morgan fingerprint density at radius 1 is 1.29 bits per heavy atom. The highest BCUT2D eigenvalue weighted by molar-refractivity contribution is 5.87. The fraction of sp³-hybridized carbons (Fsp3) is 0.833. The van der Waals surface area contributed by atoms with Crippen LogP contribution in [-0.2, 0) is 4.79 Å². The molecule has 9 heteroatoms. The zero-order valence-electron chi connectivity index (χ0n) is 12.2. The van der Waals surface area contributed by atoms with Gasteiger partial charge >= 0.3 is 18.2 Å². The molecule has 6 nitrogen and oxygen atoms in total. The number of urea groups is 1. The number of likely N-dealkylation sites (N-methyl/N-ethyl adjacent to an activating group) is 1. The van der Waals surface area contributed by atoms with Crippen LogP contribution in [-0.4, -0.2) is 71.3 Å². The second-order valence-corrected chi connectivity index (χ2v) is 5.52. The Morgan fingerprint density at radius 3 is 2.33 bits per heavy atom. The highest BCUT2D eigenvalue weighted by atomic mass is 19.4. The van der Waals surface area contributed by atoms with E-state index in [0.717, 1.165) is 6.54 Å². The number of hydrogen-bond donors (Lipinski definition) is 2. The lowest BCUT2D eigenvalue weighted by molar-refractivity contribution is -0.203. The van der Waals surface area contributed by atoms with Crippen LogP contribution in [0.25, 0.3) is 0 Å². The monoisotopic (exact) mass is 311 g/mol. The molecule has 1 aliphatic heterocycles. The largest absolute Gasteiger partial charge is 0.479 e. The summed E-state index contributed by atoms with van der Waals surface area (Å²) >= 11 is 0. The van der Waals surface area contributed by atoms with Crippen molar-refractivity contribution in [3.63, 3.8) is 0 Å². The fourth-order valence-corrected chi connectivity index (χ4v) is 2.21. The summed E-state index contributed by atoms with van der Waals surface area (Å²) in [6.07, 6.45) is -4.47. The van der Waals surface area contributed by atoms with E-state index >= 15 is 0 Å². The number of aliphatic carboxylic acids is 1. The summed E-state index contributed by atoms with van der Waals surface area (Å²) in [5.74, 6) is -2.14. The van der Waals surface area contributed by atoms with Crippen LogP contribution in [0, 0.1) is 0 Å². The summed E-state index contributed by atoms with van der Waals surface area (Å²) in [4.78, 5) is 26.2. The quantitative estimate of drug-likeness (QED) is 0.802. The van der Waals surface area contributed by atoms with E-state index in [-0.39, 0.29) is 12.6 Å². The average molecular weight is 311 g/mol. The van der Waals surface area contributed by atoms with Crippen LogP contribution in [0.3, 0.4) is 0 Å². The molecule has 2 atom stereocenters. The van der Waals surface area contributed by atoms with Crippen molar-refractivity contribution in [3.05, 3.63) is 0 Å². The molecule has 1 heterocycles. The van der Waals surface area contributed by atoms with Gasteiger partial charge in [-0.2, -0.15) is 13.2 Å². The van der Waals surface area contributed by atoms with E-state index in [1.54, 1.807) is 12.2 Å². The first kappa shape index (κ1) is 17.5. The average Bonchev–Trinajstić information content (AvgIpc) is 2.47. The van der Waals surface area contributed by atoms with Crippen LogP contribution >= 0.6 is 0 Å². The van der Waals surface area contributed by atoms with Gasteiger partial charge in [0.05, 0.1) is 0 Å². The van der Waals surface area contributed by atoms with E-state index in [4.69, 9.17) is 5.11 Å². The summed E-state index contributed by atoms with van der Waals surface area (Å²) in [7, 11) is 1.86. The fourth-order valence-electron chi connectivity index (χ4n) is 2.21. The maximum absolute atomic E-state index is 12.9. The van der Waals surface area contributed by atoms with E-state index in [0.29, 0.717) is 19.9 Å². The molecule has 2 amide bonds. The summed E-state index contributed by atoms with van der Waals surface area (Å²) in [6.45, 7) is 3.69. The molecule has 0 aromatic heterocycles. The van der Waals surface area contributed by atoms with Gasteiger partial charge < -0.3 is 20.2 Å². The molecule has 0 spiro atoms. The van der Waals surface area contributed by atoms with Crippen LogP contribution < -0.4 is 5.32 Å². The minimum atomic E-state index is -5.08. The number of carbonyl (C=O) groups excluding carboxylic acids is 1. The van der Waals surface area contributed by atoms with Crippen LogP contribution in [0.5, 0.6) is 0 Å². The molecule has 0 aromatic carbocycles. The molecule has 1 saturated heterocycles. The molecule has 0 saturated carbocycles. The lowest BCUT2D eigenvalue weighted by atomic mass is 10.0. The molecular formula is C12H20F3N3O3. The summed E-state index contributed by atoms with van der Waals surface area (Å²) < 4.78 is 38.7. The number of nitrogens with zero attached hydrogens (tertiary/aromatic N) is 2. The number of nitrogens with one attached hydrogen (secondary N) is 1. The second-order valence-electron chi connectivity index (χ2n) is 5.52. The predicted octanol–water partition coefficient (Wildman–Crippen LogP) is 1.13. The number of rotatable bonds is 2. The van der Waals surface area contributed by atoms with Crippen molar-refractivity contribution in [1.29, 1.82) is 0 Å². The topological polar surface area (TPSA) is 72.9 Å². The second kappa shape index (κ2) is 6.08. The van der Waals surface area contributed by atoms with Crippen molar-refractivity contribution in [1.82, 2.24) is 15.1 Å². The molecule has 0 aromatic rings. The number of hydrogen-bond acceptors (Lipinski definition) is 3. The van der Waals surface area contributed by atoms with Crippen LogP contribution in [0.15, 0.2) is 0 Å². The molecule has 1 aliphatic rings. The van der Waals surface area contributed by atoms with Crippen molar-refractivity contribution >= 4 is 12.0 Å². The molecule has 0 aliphatic carbocycles. The summed E-state index contributed by atoms with van der Waals surface area (Å²) in [5, 5.41) is 10.4. The maximum atomic E-state index is 12.9. The third kappa shape index (κ3) is 3.78. The van der Waals surface area contributed by atoms with Crippen molar-refractivity contribution < 1.29 is 27.9 Å². The van der Waals surface area contributed by atoms with Gasteiger partial charge in [-0.15, -0.1) is 0 Å². The maximum Gasteiger partial charge on any atom is 0.422 e. The van der Waals surface area contributed by atoms with E-state index in [9.17, 15) is 22.8 Å². The van der Waals surface area contributed by atoms with Crippen molar-refractivity contribution in [2.45, 2.75) is 38.0 Å². The van der Waals surface area contributed by atoms with Gasteiger partial charge in [-0.1, -0.05) is 0 Å². The van der Waals surface area contributed by atoms with E-state index in [1.807, 2.05) is 11.9 Å². The standard InChI is InChI=1S/C12H20F3N3O3/c1-8-7-17(3)5-4-6-18(8)10(21)16-11(2,9(19)20)12(13,14)15/h8H,4-7H2,1-3H3,(H,16,21)(H,19,20). The lowest BCUT2D eigenvalue weighted by Gasteiger charge is -2.34. The van der Waals surface area contributed by atoms with Gasteiger partial charge in [-0.25, -0.2) is 9.59 Å². The summed E-state index contributed by atoms with van der Waals surface area (Å²) in [6, 6.07) is -1.32. The number of carbonyl (C=O) groups is 2. The molecule has 122 valence electrons. The number of carboxylic acids is 1. The normalized spacial score (nSPS) is 24.1. The SMILES string of the molecule is CC1CN(C)CCCN1C(=O)NC(C)(C(=O)O)C(F)(F)F. The third-order valence-electron chi connectivity index (χ3n) is 3.66. The molecule has 0 radical (unpaired) electrons. The molecule has 2 N–H and O–H groups in total. The first-order valence-corrected chi connectivity index (χ1v) is 6.56.